The van der Waals surface area contributed by atoms with E-state index in [9.17, 15) is 9.90 Å². The van der Waals surface area contributed by atoms with Gasteiger partial charge in [0.15, 0.2) is 0 Å². The maximum Gasteiger partial charge on any atom is 0.221 e. The van der Waals surface area contributed by atoms with E-state index in [0.29, 0.717) is 12.0 Å². The van der Waals surface area contributed by atoms with Crippen LogP contribution in [-0.2, 0) is 11.2 Å². The summed E-state index contributed by atoms with van der Waals surface area (Å²) in [6.45, 7) is 0. The third-order valence-electron chi connectivity index (χ3n) is 1.51. The van der Waals surface area contributed by atoms with Crippen LogP contribution in [0, 0.1) is 6.42 Å². The number of phenolic OH excluding ortho intramolecular Hbond substituents is 1. The third-order valence-corrected chi connectivity index (χ3v) is 1.51. The fraction of sp³-hybridized carbons (Fsp3) is 0.111. The van der Waals surface area contributed by atoms with Crippen LogP contribution in [0.5, 0.6) is 5.75 Å². The minimum atomic E-state index is -0.474. The van der Waals surface area contributed by atoms with E-state index in [0.717, 1.165) is 0 Å². The van der Waals surface area contributed by atoms with Crippen molar-refractivity contribution in [1.29, 1.82) is 0 Å². The first-order valence-electron chi connectivity index (χ1n) is 3.59. The molecule has 0 aliphatic heterocycles. The molecule has 0 atom stereocenters. The number of amides is 1. The number of hydrogen-bond donors (Lipinski definition) is 2. The Balaban J connectivity index is 2.63. The van der Waals surface area contributed by atoms with Gasteiger partial charge in [-0.2, -0.15) is 0 Å². The van der Waals surface area contributed by atoms with Crippen LogP contribution in [0.3, 0.4) is 0 Å². The smallest absolute Gasteiger partial charge is 0.221 e. The van der Waals surface area contributed by atoms with Crippen molar-refractivity contribution < 1.29 is 9.90 Å². The van der Waals surface area contributed by atoms with Gasteiger partial charge in [-0.25, -0.2) is 0 Å². The van der Waals surface area contributed by atoms with Crippen molar-refractivity contribution in [1.82, 2.24) is 0 Å². The number of primary amides is 1. The lowest BCUT2D eigenvalue weighted by Gasteiger charge is -2.00. The van der Waals surface area contributed by atoms with E-state index in [2.05, 4.69) is 0 Å². The van der Waals surface area contributed by atoms with Gasteiger partial charge in [-0.1, -0.05) is 18.2 Å². The molecule has 3 N–H and O–H groups in total. The fourth-order valence-electron chi connectivity index (χ4n) is 0.894. The van der Waals surface area contributed by atoms with Gasteiger partial charge in [0, 0.05) is 0 Å². The van der Waals surface area contributed by atoms with Crippen LogP contribution < -0.4 is 5.73 Å². The highest BCUT2D eigenvalue weighted by Gasteiger charge is 2.01. The molecule has 63 valence electrons. The van der Waals surface area contributed by atoms with Crippen LogP contribution in [0.15, 0.2) is 24.3 Å². The second-order valence-electron chi connectivity index (χ2n) is 2.44. The highest BCUT2D eigenvalue weighted by atomic mass is 16.3. The number of carbonyl (C=O) groups excluding carboxylic acids is 1. The van der Waals surface area contributed by atoms with Crippen molar-refractivity contribution in [2.75, 3.05) is 0 Å². The standard InChI is InChI=1S/C9H10NO2/c10-9(12)6-5-7-3-1-2-4-8(7)11/h1-4,6,11H,5H2,(H2,10,12). The van der Waals surface area contributed by atoms with Gasteiger partial charge < -0.3 is 10.8 Å². The normalized spacial score (nSPS) is 9.67. The Morgan fingerprint density at radius 2 is 2.17 bits per heavy atom. The lowest BCUT2D eigenvalue weighted by molar-refractivity contribution is -0.115. The second kappa shape index (κ2) is 3.76. The lowest BCUT2D eigenvalue weighted by Crippen LogP contribution is -2.12. The highest BCUT2D eigenvalue weighted by Crippen LogP contribution is 2.16. The predicted octanol–water partition coefficient (Wildman–Crippen LogP) is 0.624. The van der Waals surface area contributed by atoms with Crippen LogP contribution in [0.1, 0.15) is 5.56 Å². The van der Waals surface area contributed by atoms with Crippen LogP contribution >= 0.6 is 0 Å². The number of nitrogens with two attached hydrogens (primary N) is 1. The topological polar surface area (TPSA) is 63.3 Å². The zero-order chi connectivity index (χ0) is 8.97. The summed E-state index contributed by atoms with van der Waals surface area (Å²) in [5, 5.41) is 9.25. The SMILES string of the molecule is NC(=O)[CH]Cc1ccccc1O. The van der Waals surface area contributed by atoms with E-state index in [1.807, 2.05) is 0 Å². The number of aromatic hydroxyl groups is 1. The average molecular weight is 164 g/mol. The molecule has 0 unspecified atom stereocenters. The van der Waals surface area contributed by atoms with Crippen LogP contribution in [0.4, 0.5) is 0 Å². The quantitative estimate of drug-likeness (QED) is 0.688. The first-order valence-corrected chi connectivity index (χ1v) is 3.59. The molecule has 0 fully saturated rings. The molecule has 0 aliphatic carbocycles. The average Bonchev–Trinajstić information content (AvgIpc) is 2.03. The molecule has 1 aromatic carbocycles. The number of benzene rings is 1. The Hall–Kier alpha value is -1.51. The van der Waals surface area contributed by atoms with Gasteiger partial charge in [0.2, 0.25) is 5.91 Å². The molecule has 3 nitrogen and oxygen atoms in total. The van der Waals surface area contributed by atoms with Gasteiger partial charge in [0.05, 0.1) is 6.42 Å². The van der Waals surface area contributed by atoms with Crippen molar-refractivity contribution in [3.05, 3.63) is 36.2 Å². The van der Waals surface area contributed by atoms with Crippen LogP contribution in [0.25, 0.3) is 0 Å². The molecule has 1 rings (SSSR count). The molecule has 0 heterocycles. The molecular weight excluding hydrogens is 154 g/mol. The van der Waals surface area contributed by atoms with Gasteiger partial charge in [-0.05, 0) is 18.1 Å². The Morgan fingerprint density at radius 3 is 2.75 bits per heavy atom. The van der Waals surface area contributed by atoms with Crippen molar-refractivity contribution in [2.45, 2.75) is 6.42 Å². The molecular formula is C9H10NO2. The number of carbonyl (C=O) groups is 1. The summed E-state index contributed by atoms with van der Waals surface area (Å²) in [7, 11) is 0. The molecule has 1 aromatic rings. The zero-order valence-electron chi connectivity index (χ0n) is 6.53. The molecule has 0 aromatic heterocycles. The monoisotopic (exact) mass is 164 g/mol. The van der Waals surface area contributed by atoms with E-state index in [1.54, 1.807) is 24.3 Å². The molecule has 0 saturated carbocycles. The van der Waals surface area contributed by atoms with E-state index in [4.69, 9.17) is 5.73 Å². The minimum absolute atomic E-state index is 0.190. The first-order chi connectivity index (χ1) is 5.70. The Labute approximate surface area is 70.8 Å². The van der Waals surface area contributed by atoms with Gasteiger partial charge >= 0.3 is 0 Å². The molecule has 1 amide bonds. The van der Waals surface area contributed by atoms with Gasteiger partial charge in [0.25, 0.3) is 0 Å². The number of phenols is 1. The molecule has 0 spiro atoms. The Morgan fingerprint density at radius 1 is 1.50 bits per heavy atom. The van der Waals surface area contributed by atoms with Crippen molar-refractivity contribution in [2.24, 2.45) is 5.73 Å². The molecule has 1 radical (unpaired) electrons. The Kier molecular flexibility index (Phi) is 2.69. The van der Waals surface area contributed by atoms with Gasteiger partial charge in [0.1, 0.15) is 5.75 Å². The van der Waals surface area contributed by atoms with Crippen LogP contribution in [-0.4, -0.2) is 11.0 Å². The summed E-state index contributed by atoms with van der Waals surface area (Å²) in [4.78, 5) is 10.4. The number of hydrogen-bond acceptors (Lipinski definition) is 2. The second-order valence-corrected chi connectivity index (χ2v) is 2.44. The number of para-hydroxylation sites is 1. The third kappa shape index (κ3) is 2.27. The van der Waals surface area contributed by atoms with E-state index in [1.165, 1.54) is 6.42 Å². The largest absolute Gasteiger partial charge is 0.508 e. The lowest BCUT2D eigenvalue weighted by atomic mass is 10.1. The van der Waals surface area contributed by atoms with E-state index < -0.39 is 5.91 Å². The molecule has 0 aliphatic rings. The maximum absolute atomic E-state index is 10.4. The summed E-state index contributed by atoms with van der Waals surface area (Å²) in [6.07, 6.45) is 1.71. The highest BCUT2D eigenvalue weighted by molar-refractivity contribution is 5.83. The number of rotatable bonds is 3. The first kappa shape index (κ1) is 8.59. The Bertz CT molecular complexity index is 284. The molecule has 0 saturated heterocycles. The maximum atomic E-state index is 10.4. The predicted molar refractivity (Wildman–Crippen MR) is 45.3 cm³/mol. The van der Waals surface area contributed by atoms with Crippen molar-refractivity contribution in [3.63, 3.8) is 0 Å². The summed E-state index contributed by atoms with van der Waals surface area (Å²) in [5.74, 6) is -0.284. The molecule has 0 bridgehead atoms. The summed E-state index contributed by atoms with van der Waals surface area (Å²) in [6, 6.07) is 6.84. The molecule has 12 heavy (non-hydrogen) atoms. The summed E-state index contributed by atoms with van der Waals surface area (Å²) < 4.78 is 0. The van der Waals surface area contributed by atoms with Crippen molar-refractivity contribution >= 4 is 5.91 Å². The fourth-order valence-corrected chi connectivity index (χ4v) is 0.894. The van der Waals surface area contributed by atoms with Gasteiger partial charge in [-0.15, -0.1) is 0 Å². The summed E-state index contributed by atoms with van der Waals surface area (Å²) >= 11 is 0. The zero-order valence-corrected chi connectivity index (χ0v) is 6.53. The van der Waals surface area contributed by atoms with Crippen LogP contribution in [0.2, 0.25) is 0 Å². The molecule has 3 heteroatoms. The summed E-state index contributed by atoms with van der Waals surface area (Å²) in [5.41, 5.74) is 5.62. The van der Waals surface area contributed by atoms with E-state index >= 15 is 0 Å². The van der Waals surface area contributed by atoms with Gasteiger partial charge in [-0.3, -0.25) is 4.79 Å². The van der Waals surface area contributed by atoms with Crippen molar-refractivity contribution in [3.8, 4) is 5.75 Å². The minimum Gasteiger partial charge on any atom is -0.508 e. The van der Waals surface area contributed by atoms with E-state index in [-0.39, 0.29) is 5.75 Å².